The Hall–Kier alpha value is -1.56. The molecule has 0 atom stereocenters. The summed E-state index contributed by atoms with van der Waals surface area (Å²) in [5.74, 6) is -0.280. The molecule has 1 aromatic heterocycles. The number of halogens is 2. The van der Waals surface area contributed by atoms with Gasteiger partial charge in [0.2, 0.25) is 0 Å². The zero-order valence-electron chi connectivity index (χ0n) is 10.5. The summed E-state index contributed by atoms with van der Waals surface area (Å²) in [6, 6.07) is 6.71. The third kappa shape index (κ3) is 3.50. The molecule has 0 fully saturated rings. The second-order valence-corrected chi connectivity index (χ2v) is 4.89. The number of hydrogen-bond acceptors (Lipinski definition) is 3. The van der Waals surface area contributed by atoms with E-state index in [2.05, 4.69) is 10.4 Å². The Balaban J connectivity index is 2.12. The number of amides is 1. The number of aliphatic hydroxyl groups excluding tert-OH is 1. The van der Waals surface area contributed by atoms with Crippen LogP contribution in [0, 0.1) is 0 Å². The molecule has 0 bridgehead atoms. The normalized spacial score (nSPS) is 10.6. The summed E-state index contributed by atoms with van der Waals surface area (Å²) in [5.41, 5.74) is 1.02. The van der Waals surface area contributed by atoms with E-state index in [1.165, 1.54) is 0 Å². The maximum Gasteiger partial charge on any atom is 0.271 e. The Kier molecular flexibility index (Phi) is 5.00. The summed E-state index contributed by atoms with van der Waals surface area (Å²) in [4.78, 5) is 11.8. The molecule has 0 saturated heterocycles. The van der Waals surface area contributed by atoms with Crippen molar-refractivity contribution in [1.29, 1.82) is 0 Å². The first-order valence-electron chi connectivity index (χ1n) is 6.02. The highest BCUT2D eigenvalue weighted by molar-refractivity contribution is 6.42. The fourth-order valence-electron chi connectivity index (χ4n) is 1.59. The van der Waals surface area contributed by atoms with Crippen molar-refractivity contribution >= 4 is 29.1 Å². The molecule has 2 rings (SSSR count). The number of carbonyl (C=O) groups is 1. The minimum absolute atomic E-state index is 0.0397. The Bertz CT molecular complexity index is 613. The number of benzene rings is 1. The second-order valence-electron chi connectivity index (χ2n) is 4.08. The molecule has 2 N–H and O–H groups in total. The van der Waals surface area contributed by atoms with Crippen molar-refractivity contribution < 1.29 is 9.90 Å². The minimum atomic E-state index is -0.280. The van der Waals surface area contributed by atoms with Crippen LogP contribution in [0.3, 0.4) is 0 Å². The average Bonchev–Trinajstić information content (AvgIpc) is 2.92. The first-order chi connectivity index (χ1) is 9.61. The molecule has 5 nitrogen and oxygen atoms in total. The molecular formula is C13H13Cl2N3O2. The van der Waals surface area contributed by atoms with Gasteiger partial charge < -0.3 is 10.4 Å². The molecule has 20 heavy (non-hydrogen) atoms. The molecule has 106 valence electrons. The van der Waals surface area contributed by atoms with Gasteiger partial charge in [-0.3, -0.25) is 4.79 Å². The molecule has 0 aliphatic rings. The van der Waals surface area contributed by atoms with Crippen molar-refractivity contribution in [1.82, 2.24) is 15.1 Å². The summed E-state index contributed by atoms with van der Waals surface area (Å²) < 4.78 is 1.54. The molecule has 0 radical (unpaired) electrons. The first kappa shape index (κ1) is 14.8. The van der Waals surface area contributed by atoms with E-state index in [1.54, 1.807) is 35.1 Å². The summed E-state index contributed by atoms with van der Waals surface area (Å²) >= 11 is 11.8. The lowest BCUT2D eigenvalue weighted by Gasteiger charge is -2.03. The standard InChI is InChI=1S/C13H13Cl2N3O2/c14-10-3-2-9(8-11(10)15)18-6-4-12(17-18)13(20)16-5-1-7-19/h2-4,6,8,19H,1,5,7H2,(H,16,20). The van der Waals surface area contributed by atoms with Crippen LogP contribution in [0.25, 0.3) is 5.69 Å². The maximum atomic E-state index is 11.8. The van der Waals surface area contributed by atoms with Gasteiger partial charge >= 0.3 is 0 Å². The van der Waals surface area contributed by atoms with Crippen molar-refractivity contribution in [3.8, 4) is 5.69 Å². The third-order valence-electron chi connectivity index (χ3n) is 2.61. The van der Waals surface area contributed by atoms with E-state index in [1.807, 2.05) is 0 Å². The number of nitrogens with zero attached hydrogens (tertiary/aromatic N) is 2. The Morgan fingerprint density at radius 2 is 2.10 bits per heavy atom. The van der Waals surface area contributed by atoms with Crippen molar-refractivity contribution in [3.05, 3.63) is 46.2 Å². The van der Waals surface area contributed by atoms with Crippen LogP contribution in [0.2, 0.25) is 10.0 Å². The third-order valence-corrected chi connectivity index (χ3v) is 3.35. The monoisotopic (exact) mass is 313 g/mol. The zero-order valence-corrected chi connectivity index (χ0v) is 12.0. The largest absolute Gasteiger partial charge is 0.396 e. The molecule has 1 heterocycles. The predicted octanol–water partition coefficient (Wildman–Crippen LogP) is 2.29. The van der Waals surface area contributed by atoms with E-state index in [0.717, 1.165) is 0 Å². The Labute approximate surface area is 126 Å². The number of hydrogen-bond donors (Lipinski definition) is 2. The van der Waals surface area contributed by atoms with Crippen molar-refractivity contribution in [2.24, 2.45) is 0 Å². The van der Waals surface area contributed by atoms with Gasteiger partial charge in [-0.2, -0.15) is 5.10 Å². The average molecular weight is 314 g/mol. The minimum Gasteiger partial charge on any atom is -0.396 e. The molecule has 1 aromatic carbocycles. The summed E-state index contributed by atoms with van der Waals surface area (Å²) in [5, 5.41) is 16.4. The van der Waals surface area contributed by atoms with Gasteiger partial charge in [0.1, 0.15) is 0 Å². The van der Waals surface area contributed by atoms with Gasteiger partial charge in [-0.05, 0) is 30.7 Å². The van der Waals surface area contributed by atoms with Gasteiger partial charge in [0.25, 0.3) is 5.91 Å². The Morgan fingerprint density at radius 1 is 1.30 bits per heavy atom. The maximum absolute atomic E-state index is 11.8. The molecule has 1 amide bonds. The number of rotatable bonds is 5. The van der Waals surface area contributed by atoms with Crippen LogP contribution >= 0.6 is 23.2 Å². The van der Waals surface area contributed by atoms with Crippen LogP contribution in [0.15, 0.2) is 30.5 Å². The lowest BCUT2D eigenvalue weighted by Crippen LogP contribution is -2.25. The van der Waals surface area contributed by atoms with Gasteiger partial charge in [-0.25, -0.2) is 4.68 Å². The van der Waals surface area contributed by atoms with E-state index >= 15 is 0 Å². The van der Waals surface area contributed by atoms with E-state index in [4.69, 9.17) is 28.3 Å². The molecule has 0 aliphatic heterocycles. The molecular weight excluding hydrogens is 301 g/mol. The topological polar surface area (TPSA) is 67.2 Å². The SMILES string of the molecule is O=C(NCCCO)c1ccn(-c2ccc(Cl)c(Cl)c2)n1. The quantitative estimate of drug-likeness (QED) is 0.832. The first-order valence-corrected chi connectivity index (χ1v) is 6.77. The molecule has 2 aromatic rings. The van der Waals surface area contributed by atoms with E-state index in [9.17, 15) is 4.79 Å². The van der Waals surface area contributed by atoms with E-state index < -0.39 is 0 Å². The van der Waals surface area contributed by atoms with E-state index in [0.29, 0.717) is 34.4 Å². The second kappa shape index (κ2) is 6.74. The van der Waals surface area contributed by atoms with Crippen molar-refractivity contribution in [3.63, 3.8) is 0 Å². The summed E-state index contributed by atoms with van der Waals surface area (Å²) in [6.07, 6.45) is 2.18. The molecule has 0 saturated carbocycles. The van der Waals surface area contributed by atoms with Crippen molar-refractivity contribution in [2.75, 3.05) is 13.2 Å². The smallest absolute Gasteiger partial charge is 0.271 e. The van der Waals surface area contributed by atoms with Gasteiger partial charge in [-0.1, -0.05) is 23.2 Å². The summed E-state index contributed by atoms with van der Waals surface area (Å²) in [6.45, 7) is 0.451. The van der Waals surface area contributed by atoms with Crippen LogP contribution in [0.1, 0.15) is 16.9 Å². The Morgan fingerprint density at radius 3 is 2.80 bits per heavy atom. The van der Waals surface area contributed by atoms with Crippen molar-refractivity contribution in [2.45, 2.75) is 6.42 Å². The summed E-state index contributed by atoms with van der Waals surface area (Å²) in [7, 11) is 0. The van der Waals surface area contributed by atoms with Crippen LogP contribution < -0.4 is 5.32 Å². The van der Waals surface area contributed by atoms with Gasteiger partial charge in [0, 0.05) is 19.3 Å². The fraction of sp³-hybridized carbons (Fsp3) is 0.231. The highest BCUT2D eigenvalue weighted by atomic mass is 35.5. The predicted molar refractivity (Wildman–Crippen MR) is 77.6 cm³/mol. The molecule has 7 heteroatoms. The number of carbonyl (C=O) groups excluding carboxylic acids is 1. The lowest BCUT2D eigenvalue weighted by molar-refractivity contribution is 0.0945. The van der Waals surface area contributed by atoms with Crippen LogP contribution in [0.5, 0.6) is 0 Å². The highest BCUT2D eigenvalue weighted by Gasteiger charge is 2.10. The lowest BCUT2D eigenvalue weighted by atomic mass is 10.3. The number of nitrogens with one attached hydrogen (secondary N) is 1. The van der Waals surface area contributed by atoms with Gasteiger partial charge in [0.05, 0.1) is 15.7 Å². The van der Waals surface area contributed by atoms with Crippen LogP contribution in [-0.4, -0.2) is 33.9 Å². The molecule has 0 unspecified atom stereocenters. The molecule has 0 spiro atoms. The number of aromatic nitrogens is 2. The number of aliphatic hydroxyl groups is 1. The fourth-order valence-corrected chi connectivity index (χ4v) is 1.88. The van der Waals surface area contributed by atoms with Gasteiger partial charge in [-0.15, -0.1) is 0 Å². The van der Waals surface area contributed by atoms with Crippen LogP contribution in [-0.2, 0) is 0 Å². The highest BCUT2D eigenvalue weighted by Crippen LogP contribution is 2.24. The molecule has 0 aliphatic carbocycles. The van der Waals surface area contributed by atoms with Crippen LogP contribution in [0.4, 0.5) is 0 Å². The van der Waals surface area contributed by atoms with E-state index in [-0.39, 0.29) is 12.5 Å². The van der Waals surface area contributed by atoms with Gasteiger partial charge in [0.15, 0.2) is 5.69 Å². The zero-order chi connectivity index (χ0) is 14.5.